The Balaban J connectivity index is 0. The molecule has 1 heteroatoms. The molecule has 0 aliphatic carbocycles. The lowest BCUT2D eigenvalue weighted by molar-refractivity contribution is 0.922. The van der Waals surface area contributed by atoms with E-state index >= 15 is 0 Å². The summed E-state index contributed by atoms with van der Waals surface area (Å²) in [7, 11) is 1.50. The summed E-state index contributed by atoms with van der Waals surface area (Å²) >= 11 is 0. The largest absolute Gasteiger partial charge is 0.333 e. The third kappa shape index (κ3) is 9.64. The van der Waals surface area contributed by atoms with Crippen LogP contribution in [0.25, 0.3) is 0 Å². The van der Waals surface area contributed by atoms with Crippen LogP contribution in [0.3, 0.4) is 0 Å². The van der Waals surface area contributed by atoms with Crippen LogP contribution in [0.4, 0.5) is 0 Å². The Labute approximate surface area is 131 Å². The topological polar surface area (TPSA) is 26.0 Å². The molecule has 0 spiro atoms. The van der Waals surface area contributed by atoms with E-state index in [0.717, 1.165) is 0 Å². The van der Waals surface area contributed by atoms with Crippen molar-refractivity contribution in [3.8, 4) is 0 Å². The molecule has 0 aromatic heterocycles. The third-order valence-electron chi connectivity index (χ3n) is 2.60. The highest BCUT2D eigenvalue weighted by molar-refractivity contribution is 5.31. The molecule has 2 rings (SSSR count). The molecule has 2 aromatic rings. The maximum atomic E-state index is 4.50. The van der Waals surface area contributed by atoms with Gasteiger partial charge in [-0.25, -0.2) is 0 Å². The highest BCUT2D eigenvalue weighted by Gasteiger charge is 2.05. The van der Waals surface area contributed by atoms with Gasteiger partial charge in [-0.3, -0.25) is 0 Å². The minimum atomic E-state index is 0.484. The molecule has 0 radical (unpaired) electrons. The highest BCUT2D eigenvalue weighted by atomic mass is 14.4. The fourth-order valence-electron chi connectivity index (χ4n) is 1.68. The molecule has 116 valence electrons. The second-order valence-electron chi connectivity index (χ2n) is 3.95. The van der Waals surface area contributed by atoms with Crippen LogP contribution in [0.5, 0.6) is 0 Å². The molecular formula is C20H31N. The smallest absolute Gasteiger partial charge is 0.00610 e. The van der Waals surface area contributed by atoms with Crippen LogP contribution in [0.1, 0.15) is 44.7 Å². The molecule has 0 fully saturated rings. The summed E-state index contributed by atoms with van der Waals surface area (Å²) in [5.74, 6) is 0.484. The molecule has 0 aliphatic rings. The fourth-order valence-corrected chi connectivity index (χ4v) is 1.68. The highest BCUT2D eigenvalue weighted by Crippen LogP contribution is 2.22. The van der Waals surface area contributed by atoms with Gasteiger partial charge in [0.15, 0.2) is 0 Å². The minimum absolute atomic E-state index is 0.484. The molecule has 0 unspecified atom stereocenters. The van der Waals surface area contributed by atoms with Gasteiger partial charge in [-0.2, -0.15) is 0 Å². The lowest BCUT2D eigenvalue weighted by atomic mass is 9.93. The van der Waals surface area contributed by atoms with Crippen molar-refractivity contribution in [2.75, 3.05) is 7.05 Å². The van der Waals surface area contributed by atoms with Gasteiger partial charge in [0.25, 0.3) is 0 Å². The zero-order valence-corrected chi connectivity index (χ0v) is 14.2. The van der Waals surface area contributed by atoms with Crippen LogP contribution in [-0.2, 0) is 0 Å². The number of hydrogen-bond acceptors (Lipinski definition) is 1. The van der Waals surface area contributed by atoms with Gasteiger partial charge in [0.1, 0.15) is 0 Å². The molecule has 0 atom stereocenters. The van der Waals surface area contributed by atoms with Crippen LogP contribution in [-0.4, -0.2) is 7.05 Å². The van der Waals surface area contributed by atoms with Crippen molar-refractivity contribution in [1.29, 1.82) is 0 Å². The van der Waals surface area contributed by atoms with Gasteiger partial charge < -0.3 is 5.73 Å². The summed E-state index contributed by atoms with van der Waals surface area (Å²) < 4.78 is 0. The minimum Gasteiger partial charge on any atom is -0.333 e. The van der Waals surface area contributed by atoms with E-state index in [9.17, 15) is 0 Å². The van der Waals surface area contributed by atoms with Crippen molar-refractivity contribution >= 4 is 0 Å². The van der Waals surface area contributed by atoms with E-state index in [1.807, 2.05) is 20.8 Å². The van der Waals surface area contributed by atoms with Crippen molar-refractivity contribution in [3.05, 3.63) is 84.4 Å². The quantitative estimate of drug-likeness (QED) is 0.711. The molecular weight excluding hydrogens is 254 g/mol. The summed E-state index contributed by atoms with van der Waals surface area (Å²) in [5, 5.41) is 0. The molecule has 0 bridgehead atoms. The molecule has 1 nitrogen and oxygen atoms in total. The molecule has 2 N–H and O–H groups in total. The van der Waals surface area contributed by atoms with Gasteiger partial charge in [-0.15, -0.1) is 6.58 Å². The summed E-state index contributed by atoms with van der Waals surface area (Å²) in [5.41, 5.74) is 7.25. The second kappa shape index (κ2) is 16.2. The third-order valence-corrected chi connectivity index (χ3v) is 2.60. The molecule has 21 heavy (non-hydrogen) atoms. The maximum absolute atomic E-state index is 4.50. The number of benzene rings is 2. The lowest BCUT2D eigenvalue weighted by Crippen LogP contribution is -1.94. The van der Waals surface area contributed by atoms with Crippen LogP contribution in [0.2, 0.25) is 0 Å². The first-order chi connectivity index (χ1) is 10.3. The molecule has 0 heterocycles. The normalized spacial score (nSPS) is 8.14. The number of nitrogens with two attached hydrogens (primary N) is 1. The molecule has 0 saturated carbocycles. The van der Waals surface area contributed by atoms with E-state index in [1.165, 1.54) is 18.2 Å². The lowest BCUT2D eigenvalue weighted by Gasteiger charge is -2.11. The SMILES string of the molecule is C=CC.CC.CC(c1ccccc1)c1ccccc1.CN. The van der Waals surface area contributed by atoms with Crippen LogP contribution in [0.15, 0.2) is 73.3 Å². The van der Waals surface area contributed by atoms with Gasteiger partial charge in [-0.05, 0) is 25.1 Å². The van der Waals surface area contributed by atoms with E-state index < -0.39 is 0 Å². The van der Waals surface area contributed by atoms with Crippen LogP contribution in [0, 0.1) is 0 Å². The average Bonchev–Trinajstić information content (AvgIpc) is 2.60. The van der Waals surface area contributed by atoms with Gasteiger partial charge in [0, 0.05) is 5.92 Å². The average molecular weight is 285 g/mol. The zero-order chi connectivity index (χ0) is 16.5. The summed E-state index contributed by atoms with van der Waals surface area (Å²) in [6.07, 6.45) is 1.75. The standard InChI is InChI=1S/C14H14.C3H6.C2H6.CH5N/c1-12(13-8-4-2-5-9-13)14-10-6-3-7-11-14;1-3-2;2*1-2/h2-12H,1H3;3H,1H2,2H3;1-2H3;2H2,1H3. The first-order valence-electron chi connectivity index (χ1n) is 7.54. The Hall–Kier alpha value is -1.86. The Morgan fingerprint density at radius 1 is 0.810 bits per heavy atom. The van der Waals surface area contributed by atoms with E-state index in [-0.39, 0.29) is 0 Å². The fraction of sp³-hybridized carbons (Fsp3) is 0.300. The Morgan fingerprint density at radius 2 is 1.05 bits per heavy atom. The van der Waals surface area contributed by atoms with Crippen molar-refractivity contribution in [2.45, 2.75) is 33.6 Å². The number of rotatable bonds is 2. The van der Waals surface area contributed by atoms with Crippen molar-refractivity contribution in [2.24, 2.45) is 5.73 Å². The van der Waals surface area contributed by atoms with Crippen LogP contribution < -0.4 is 5.73 Å². The summed E-state index contributed by atoms with van der Waals surface area (Å²) in [4.78, 5) is 0. The van der Waals surface area contributed by atoms with Gasteiger partial charge >= 0.3 is 0 Å². The molecule has 0 amide bonds. The van der Waals surface area contributed by atoms with E-state index in [1.54, 1.807) is 6.08 Å². The maximum Gasteiger partial charge on any atom is 0.00610 e. The predicted octanol–water partition coefficient (Wildman–Crippen LogP) is 5.63. The summed E-state index contributed by atoms with van der Waals surface area (Å²) in [6, 6.07) is 21.2. The van der Waals surface area contributed by atoms with Crippen molar-refractivity contribution in [1.82, 2.24) is 0 Å². The van der Waals surface area contributed by atoms with E-state index in [4.69, 9.17) is 0 Å². The van der Waals surface area contributed by atoms with E-state index in [2.05, 4.69) is 79.9 Å². The van der Waals surface area contributed by atoms with Gasteiger partial charge in [0.05, 0.1) is 0 Å². The molecule has 0 saturated heterocycles. The molecule has 0 aliphatic heterocycles. The Bertz CT molecular complexity index is 381. The first-order valence-corrected chi connectivity index (χ1v) is 7.54. The second-order valence-corrected chi connectivity index (χ2v) is 3.95. The van der Waals surface area contributed by atoms with Crippen molar-refractivity contribution < 1.29 is 0 Å². The van der Waals surface area contributed by atoms with Gasteiger partial charge in [-0.1, -0.05) is 87.5 Å². The van der Waals surface area contributed by atoms with E-state index in [0.29, 0.717) is 5.92 Å². The Morgan fingerprint density at radius 3 is 1.29 bits per heavy atom. The first kappa shape index (κ1) is 21.4. The number of hydrogen-bond donors (Lipinski definition) is 1. The predicted molar refractivity (Wildman–Crippen MR) is 97.7 cm³/mol. The number of allylic oxidation sites excluding steroid dienone is 1. The zero-order valence-electron chi connectivity index (χ0n) is 14.2. The Kier molecular flexibility index (Phi) is 16.5. The van der Waals surface area contributed by atoms with Crippen molar-refractivity contribution in [3.63, 3.8) is 0 Å². The molecule has 2 aromatic carbocycles. The monoisotopic (exact) mass is 285 g/mol. The van der Waals surface area contributed by atoms with Gasteiger partial charge in [0.2, 0.25) is 0 Å². The van der Waals surface area contributed by atoms with Crippen LogP contribution >= 0.6 is 0 Å². The summed E-state index contributed by atoms with van der Waals surface area (Å²) in [6.45, 7) is 11.5.